The van der Waals surface area contributed by atoms with Crippen molar-refractivity contribution in [3.63, 3.8) is 0 Å². The van der Waals surface area contributed by atoms with E-state index in [1.807, 2.05) is 35.2 Å². The highest BCUT2D eigenvalue weighted by molar-refractivity contribution is 8.00. The average molecular weight is 556 g/mol. The lowest BCUT2D eigenvalue weighted by atomic mass is 10.0. The molecule has 5 rings (SSSR count). The molecule has 1 saturated heterocycles. The van der Waals surface area contributed by atoms with Crippen LogP contribution >= 0.6 is 23.1 Å². The molecular formula is C23H23N8O5S2+. The lowest BCUT2D eigenvalue weighted by Gasteiger charge is -2.49. The monoisotopic (exact) mass is 555 g/mol. The lowest BCUT2D eigenvalue weighted by molar-refractivity contribution is -0.689. The Morgan fingerprint density at radius 3 is 2.82 bits per heavy atom. The zero-order valence-electron chi connectivity index (χ0n) is 20.0. The van der Waals surface area contributed by atoms with Crippen LogP contribution in [0.2, 0.25) is 0 Å². The number of hydrogen-bond donors (Lipinski definition) is 4. The summed E-state index contributed by atoms with van der Waals surface area (Å²) in [5.74, 6) is -1.31. The van der Waals surface area contributed by atoms with E-state index in [9.17, 15) is 19.5 Å². The summed E-state index contributed by atoms with van der Waals surface area (Å²) < 4.78 is 1.84. The van der Waals surface area contributed by atoms with Crippen molar-refractivity contribution < 1.29 is 28.9 Å². The Morgan fingerprint density at radius 1 is 1.37 bits per heavy atom. The Labute approximate surface area is 224 Å². The maximum absolute atomic E-state index is 13.2. The number of hydrogen-bond acceptors (Lipinski definition) is 10. The lowest BCUT2D eigenvalue weighted by Crippen LogP contribution is -2.71. The van der Waals surface area contributed by atoms with Gasteiger partial charge >= 0.3 is 5.97 Å². The number of nitrogens with zero attached hydrogens (tertiary/aromatic N) is 5. The number of oxime groups is 1. The summed E-state index contributed by atoms with van der Waals surface area (Å²) in [6.45, 7) is 2.15. The van der Waals surface area contributed by atoms with Crippen molar-refractivity contribution in [3.8, 4) is 0 Å². The first kappa shape index (κ1) is 25.4. The highest BCUT2D eigenvalue weighted by Crippen LogP contribution is 2.40. The van der Waals surface area contributed by atoms with Crippen LogP contribution in [0, 0.1) is 6.92 Å². The summed E-state index contributed by atoms with van der Waals surface area (Å²) in [6, 6.07) is 4.61. The highest BCUT2D eigenvalue weighted by atomic mass is 32.2. The van der Waals surface area contributed by atoms with E-state index in [2.05, 4.69) is 25.4 Å². The van der Waals surface area contributed by atoms with Crippen molar-refractivity contribution in [1.82, 2.24) is 25.2 Å². The molecule has 0 spiro atoms. The summed E-state index contributed by atoms with van der Waals surface area (Å²) in [5.41, 5.74) is 6.99. The van der Waals surface area contributed by atoms with Gasteiger partial charge < -0.3 is 26.0 Å². The second kappa shape index (κ2) is 10.6. The number of nitrogen functional groups attached to an aromatic ring is 1. The van der Waals surface area contributed by atoms with E-state index < -0.39 is 29.2 Å². The molecule has 3 aromatic heterocycles. The molecule has 2 atom stereocenters. The third kappa shape index (κ3) is 5.10. The number of anilines is 1. The molecule has 13 nitrogen and oxygen atoms in total. The molecule has 0 unspecified atom stereocenters. The number of carboxylic acid groups (broad SMARTS) is 1. The predicted molar refractivity (Wildman–Crippen MR) is 137 cm³/mol. The smallest absolute Gasteiger partial charge is 0.352 e. The first-order valence-electron chi connectivity index (χ1n) is 11.4. The molecule has 0 aromatic carbocycles. The van der Waals surface area contributed by atoms with Gasteiger partial charge in [-0.15, -0.1) is 23.1 Å². The quantitative estimate of drug-likeness (QED) is 0.126. The fourth-order valence-electron chi connectivity index (χ4n) is 4.09. The minimum atomic E-state index is -1.19. The largest absolute Gasteiger partial charge is 0.477 e. The third-order valence-electron chi connectivity index (χ3n) is 5.80. The molecule has 5 N–H and O–H groups in total. The fourth-order valence-corrected chi connectivity index (χ4v) is 5.97. The number of β-lactam (4-membered cyclic amide) rings is 1. The number of carboxylic acids is 1. The molecule has 0 saturated carbocycles. The van der Waals surface area contributed by atoms with E-state index in [0.29, 0.717) is 29.4 Å². The molecule has 5 heterocycles. The molecule has 1 fully saturated rings. The normalized spacial score (nSPS) is 19.1. The Bertz CT molecular complexity index is 1450. The number of imidazole rings is 1. The van der Waals surface area contributed by atoms with Gasteiger partial charge in [-0.1, -0.05) is 11.2 Å². The third-order valence-corrected chi connectivity index (χ3v) is 7.81. The van der Waals surface area contributed by atoms with Crippen LogP contribution in [-0.2, 0) is 32.4 Å². The average Bonchev–Trinajstić information content (AvgIpc) is 3.52. The summed E-state index contributed by atoms with van der Waals surface area (Å²) in [5, 5.41) is 17.8. The van der Waals surface area contributed by atoms with Crippen LogP contribution in [0.15, 0.2) is 58.6 Å². The standard InChI is InChI=1S/C23H22N8O5S2/c1-12-25-7-14(26-12)9-36-29-16(15-11-38-23(24)27-15)19(32)28-17-20(33)31-18(22(34)35)13(10-37-21(17)31)8-30-5-3-2-4-6-30/h2-7,11,17,21H,8-10H2,1H3,(H4-,24,25,26,27,28,32,34,35)/p+1/t17-,21+/m1/s1. The number of pyridine rings is 1. The Balaban J connectivity index is 1.32. The van der Waals surface area contributed by atoms with Crippen LogP contribution in [0.1, 0.15) is 17.2 Å². The number of H-pyrrole nitrogens is 1. The number of carbonyl (C=O) groups is 3. The van der Waals surface area contributed by atoms with Crippen LogP contribution < -0.4 is 15.6 Å². The number of fused-ring (bicyclic) bond motifs is 1. The molecule has 3 aromatic rings. The fraction of sp³-hybridized carbons (Fsp3) is 0.261. The van der Waals surface area contributed by atoms with Gasteiger partial charge in [0.1, 0.15) is 28.6 Å². The zero-order chi connectivity index (χ0) is 26.8. The van der Waals surface area contributed by atoms with Crippen LogP contribution in [0.25, 0.3) is 0 Å². The van der Waals surface area contributed by atoms with E-state index >= 15 is 0 Å². The SMILES string of the molecule is Cc1ncc(CON=C(C(=O)N[C@@H]2C(=O)N3C(C(=O)O)=C(C[n+]4ccccc4)CS[C@@H]23)c2csc(N)n2)[nH]1. The van der Waals surface area contributed by atoms with Crippen molar-refractivity contribution in [2.75, 3.05) is 11.5 Å². The Kier molecular flexibility index (Phi) is 7.11. The summed E-state index contributed by atoms with van der Waals surface area (Å²) in [7, 11) is 0. The Morgan fingerprint density at radius 2 is 2.16 bits per heavy atom. The first-order chi connectivity index (χ1) is 18.3. The molecule has 2 aliphatic rings. The van der Waals surface area contributed by atoms with E-state index in [-0.39, 0.29) is 28.8 Å². The number of nitrogens with two attached hydrogens (primary N) is 1. The highest BCUT2D eigenvalue weighted by Gasteiger charge is 2.54. The molecular weight excluding hydrogens is 532 g/mol. The molecule has 2 aliphatic heterocycles. The van der Waals surface area contributed by atoms with Crippen LogP contribution in [0.4, 0.5) is 5.13 Å². The minimum absolute atomic E-state index is 0.0286. The number of aliphatic carboxylic acids is 1. The predicted octanol–water partition coefficient (Wildman–Crippen LogP) is 0.404. The van der Waals surface area contributed by atoms with Crippen molar-refractivity contribution in [2.45, 2.75) is 31.5 Å². The van der Waals surface area contributed by atoms with Gasteiger partial charge in [-0.3, -0.25) is 14.5 Å². The van der Waals surface area contributed by atoms with Gasteiger partial charge in [0.15, 0.2) is 36.4 Å². The number of aromatic amines is 1. The van der Waals surface area contributed by atoms with Crippen molar-refractivity contribution in [1.29, 1.82) is 0 Å². The number of amides is 2. The van der Waals surface area contributed by atoms with Gasteiger partial charge in [0.25, 0.3) is 11.8 Å². The van der Waals surface area contributed by atoms with E-state index in [1.54, 1.807) is 18.5 Å². The summed E-state index contributed by atoms with van der Waals surface area (Å²) in [4.78, 5) is 56.2. The van der Waals surface area contributed by atoms with Gasteiger partial charge in [-0.25, -0.2) is 19.3 Å². The number of aryl methyl sites for hydroxylation is 1. The van der Waals surface area contributed by atoms with Crippen LogP contribution in [0.3, 0.4) is 0 Å². The number of thioether (sulfide) groups is 1. The molecule has 0 radical (unpaired) electrons. The molecule has 2 amide bonds. The number of aromatic nitrogens is 4. The molecule has 0 aliphatic carbocycles. The van der Waals surface area contributed by atoms with Crippen molar-refractivity contribution >= 4 is 51.7 Å². The van der Waals surface area contributed by atoms with E-state index in [0.717, 1.165) is 11.3 Å². The Hall–Kier alpha value is -4.24. The second-order valence-electron chi connectivity index (χ2n) is 8.44. The summed E-state index contributed by atoms with van der Waals surface area (Å²) >= 11 is 2.51. The van der Waals surface area contributed by atoms with E-state index in [1.165, 1.54) is 16.7 Å². The van der Waals surface area contributed by atoms with Crippen LogP contribution in [-0.4, -0.2) is 65.6 Å². The second-order valence-corrected chi connectivity index (χ2v) is 10.4. The van der Waals surface area contributed by atoms with Gasteiger partial charge in [-0.2, -0.15) is 0 Å². The molecule has 15 heteroatoms. The van der Waals surface area contributed by atoms with Gasteiger partial charge in [0, 0.05) is 28.8 Å². The van der Waals surface area contributed by atoms with E-state index in [4.69, 9.17) is 10.6 Å². The van der Waals surface area contributed by atoms with Crippen molar-refractivity contribution in [3.05, 3.63) is 70.7 Å². The zero-order valence-corrected chi connectivity index (χ0v) is 21.7. The summed E-state index contributed by atoms with van der Waals surface area (Å²) in [6.07, 6.45) is 5.24. The number of thiazole rings is 1. The van der Waals surface area contributed by atoms with Gasteiger partial charge in [-0.05, 0) is 6.92 Å². The number of rotatable bonds is 9. The number of carbonyl (C=O) groups excluding carboxylic acids is 2. The molecule has 38 heavy (non-hydrogen) atoms. The van der Waals surface area contributed by atoms with Gasteiger partial charge in [0.2, 0.25) is 0 Å². The van der Waals surface area contributed by atoms with Crippen LogP contribution in [0.5, 0.6) is 0 Å². The minimum Gasteiger partial charge on any atom is -0.477 e. The molecule has 0 bridgehead atoms. The topological polar surface area (TPSA) is 180 Å². The van der Waals surface area contributed by atoms with Gasteiger partial charge in [0.05, 0.1) is 11.9 Å². The maximum Gasteiger partial charge on any atom is 0.352 e. The maximum atomic E-state index is 13.2. The molecule has 196 valence electrons. The van der Waals surface area contributed by atoms with Crippen molar-refractivity contribution in [2.24, 2.45) is 5.16 Å². The number of nitrogens with one attached hydrogen (secondary N) is 2. The first-order valence-corrected chi connectivity index (χ1v) is 13.3.